The fourth-order valence-electron chi connectivity index (χ4n) is 4.47. The number of hydrogen-bond acceptors (Lipinski definition) is 7. The molecule has 4 aromatic rings. The van der Waals surface area contributed by atoms with Crippen molar-refractivity contribution in [1.82, 2.24) is 5.01 Å². The summed E-state index contributed by atoms with van der Waals surface area (Å²) in [5.41, 5.74) is 0.310. The number of carbonyl (C=O) groups is 2. The summed E-state index contributed by atoms with van der Waals surface area (Å²) in [4.78, 5) is 24.9. The van der Waals surface area contributed by atoms with Crippen molar-refractivity contribution in [1.29, 1.82) is 0 Å². The third kappa shape index (κ3) is 6.04. The van der Waals surface area contributed by atoms with E-state index in [-0.39, 0.29) is 34.5 Å². The molecule has 0 fully saturated rings. The summed E-state index contributed by atoms with van der Waals surface area (Å²) >= 11 is 1.03. The quantitative estimate of drug-likeness (QED) is 0.205. The monoisotopic (exact) mass is 626 g/mol. The number of methoxy groups -OCH3 is 2. The molecule has 0 saturated carbocycles. The van der Waals surface area contributed by atoms with Crippen LogP contribution >= 0.6 is 11.8 Å². The summed E-state index contributed by atoms with van der Waals surface area (Å²) < 4.78 is 73.6. The number of thioether (sulfide) groups is 1. The minimum Gasteiger partial charge on any atom is -0.496 e. The Morgan fingerprint density at radius 1 is 0.886 bits per heavy atom. The standard InChI is InChI=1S/C31H22F4N2O6S/c1-41-25-12-17(31(39)40)6-7-18(25)15-43-24-5-3-4-21(27(24)42-2)30-37(29(38)26-22(34)13-20(33)14-23(26)35)36-28(44-30)16-8-10-19(32)11-9-16/h3-14,30H,15H2,1-2H3,(H,39,40). The first-order chi connectivity index (χ1) is 21.1. The van der Waals surface area contributed by atoms with Gasteiger partial charge in [-0.1, -0.05) is 30.0 Å². The fourth-order valence-corrected chi connectivity index (χ4v) is 5.64. The lowest BCUT2D eigenvalue weighted by molar-refractivity contribution is 0.0694. The normalized spacial score (nSPS) is 14.3. The van der Waals surface area contributed by atoms with Crippen molar-refractivity contribution in [3.05, 3.63) is 124 Å². The second-order valence-electron chi connectivity index (χ2n) is 9.28. The molecule has 5 rings (SSSR count). The van der Waals surface area contributed by atoms with Gasteiger partial charge in [-0.15, -0.1) is 0 Å². The van der Waals surface area contributed by atoms with Gasteiger partial charge in [0.05, 0.1) is 19.8 Å². The highest BCUT2D eigenvalue weighted by molar-refractivity contribution is 8.14. The highest BCUT2D eigenvalue weighted by Gasteiger charge is 2.39. The molecular weight excluding hydrogens is 604 g/mol. The number of carboxylic acid groups (broad SMARTS) is 1. The third-order valence-electron chi connectivity index (χ3n) is 6.56. The lowest BCUT2D eigenvalue weighted by atomic mass is 10.1. The van der Waals surface area contributed by atoms with Gasteiger partial charge in [0.15, 0.2) is 11.5 Å². The molecule has 0 aliphatic carbocycles. The molecule has 0 bridgehead atoms. The van der Waals surface area contributed by atoms with Crippen LogP contribution in [0.1, 0.15) is 42.8 Å². The largest absolute Gasteiger partial charge is 0.496 e. The van der Waals surface area contributed by atoms with E-state index in [2.05, 4.69) is 5.10 Å². The number of hydrazone groups is 1. The molecule has 0 saturated heterocycles. The van der Waals surface area contributed by atoms with Gasteiger partial charge in [-0.2, -0.15) is 5.10 Å². The van der Waals surface area contributed by atoms with E-state index in [1.165, 1.54) is 50.6 Å². The smallest absolute Gasteiger partial charge is 0.335 e. The number of benzene rings is 4. The molecule has 0 aromatic heterocycles. The van der Waals surface area contributed by atoms with E-state index in [4.69, 9.17) is 14.2 Å². The van der Waals surface area contributed by atoms with E-state index in [9.17, 15) is 32.3 Å². The molecule has 1 N–H and O–H groups in total. The Labute approximate surface area is 252 Å². The second kappa shape index (κ2) is 12.7. The molecule has 1 aliphatic rings. The Kier molecular flexibility index (Phi) is 8.76. The number of para-hydroxylation sites is 1. The van der Waals surface area contributed by atoms with Crippen LogP contribution in [0.4, 0.5) is 17.6 Å². The Hall–Kier alpha value is -5.04. The predicted molar refractivity (Wildman–Crippen MR) is 153 cm³/mol. The first-order valence-corrected chi connectivity index (χ1v) is 13.7. The maximum Gasteiger partial charge on any atom is 0.335 e. The lowest BCUT2D eigenvalue weighted by Gasteiger charge is -2.24. The minimum atomic E-state index is -1.41. The molecule has 8 nitrogen and oxygen atoms in total. The Morgan fingerprint density at radius 2 is 1.59 bits per heavy atom. The Balaban J connectivity index is 1.53. The van der Waals surface area contributed by atoms with Crippen LogP contribution in [0.2, 0.25) is 0 Å². The van der Waals surface area contributed by atoms with E-state index < -0.39 is 46.1 Å². The van der Waals surface area contributed by atoms with Gasteiger partial charge >= 0.3 is 5.97 Å². The molecule has 1 amide bonds. The topological polar surface area (TPSA) is 97.7 Å². The van der Waals surface area contributed by atoms with Crippen LogP contribution < -0.4 is 14.2 Å². The van der Waals surface area contributed by atoms with E-state index in [0.29, 0.717) is 28.8 Å². The number of carbonyl (C=O) groups excluding carboxylic acids is 1. The van der Waals surface area contributed by atoms with Gasteiger partial charge in [-0.3, -0.25) is 4.79 Å². The number of nitrogens with zero attached hydrogens (tertiary/aromatic N) is 2. The maximum atomic E-state index is 14.7. The number of ether oxygens (including phenoxy) is 3. The fraction of sp³-hybridized carbons (Fsp3) is 0.129. The summed E-state index contributed by atoms with van der Waals surface area (Å²) in [6.45, 7) is -0.0628. The van der Waals surface area contributed by atoms with Crippen molar-refractivity contribution in [2.45, 2.75) is 12.0 Å². The summed E-state index contributed by atoms with van der Waals surface area (Å²) in [5.74, 6) is -6.16. The molecule has 1 unspecified atom stereocenters. The van der Waals surface area contributed by atoms with E-state index in [0.717, 1.165) is 16.8 Å². The predicted octanol–water partition coefficient (Wildman–Crippen LogP) is 6.79. The molecular formula is C31H22F4N2O6S. The van der Waals surface area contributed by atoms with E-state index >= 15 is 0 Å². The molecule has 1 atom stereocenters. The molecule has 13 heteroatoms. The zero-order chi connectivity index (χ0) is 31.5. The molecule has 1 aliphatic heterocycles. The lowest BCUT2D eigenvalue weighted by Crippen LogP contribution is -2.28. The molecule has 226 valence electrons. The van der Waals surface area contributed by atoms with Crippen molar-refractivity contribution in [2.24, 2.45) is 5.10 Å². The van der Waals surface area contributed by atoms with Crippen molar-refractivity contribution in [3.63, 3.8) is 0 Å². The molecule has 44 heavy (non-hydrogen) atoms. The molecule has 1 heterocycles. The van der Waals surface area contributed by atoms with Crippen molar-refractivity contribution < 1.29 is 46.5 Å². The number of aromatic carboxylic acids is 1. The van der Waals surface area contributed by atoms with Crippen LogP contribution in [0, 0.1) is 23.3 Å². The highest BCUT2D eigenvalue weighted by atomic mass is 32.2. The number of hydrogen-bond donors (Lipinski definition) is 1. The van der Waals surface area contributed by atoms with Gasteiger partial charge in [-0.25, -0.2) is 27.4 Å². The average Bonchev–Trinajstić information content (AvgIpc) is 3.44. The van der Waals surface area contributed by atoms with Crippen LogP contribution in [0.15, 0.2) is 77.9 Å². The maximum absolute atomic E-state index is 14.7. The van der Waals surface area contributed by atoms with Crippen LogP contribution in [-0.2, 0) is 6.61 Å². The average molecular weight is 627 g/mol. The van der Waals surface area contributed by atoms with Crippen molar-refractivity contribution >= 4 is 28.7 Å². The number of amides is 1. The summed E-state index contributed by atoms with van der Waals surface area (Å²) in [6.07, 6.45) is 0. The summed E-state index contributed by atoms with van der Waals surface area (Å²) in [6, 6.07) is 15.2. The molecule has 0 radical (unpaired) electrons. The zero-order valence-corrected chi connectivity index (χ0v) is 23.8. The van der Waals surface area contributed by atoms with Gasteiger partial charge in [0, 0.05) is 28.8 Å². The van der Waals surface area contributed by atoms with Crippen LogP contribution in [0.25, 0.3) is 0 Å². The third-order valence-corrected chi connectivity index (χ3v) is 7.78. The highest BCUT2D eigenvalue weighted by Crippen LogP contribution is 2.48. The summed E-state index contributed by atoms with van der Waals surface area (Å²) in [7, 11) is 2.75. The van der Waals surface area contributed by atoms with Gasteiger partial charge in [-0.05, 0) is 42.5 Å². The number of carboxylic acids is 1. The zero-order valence-electron chi connectivity index (χ0n) is 23.0. The van der Waals surface area contributed by atoms with Crippen LogP contribution in [0.3, 0.4) is 0 Å². The minimum absolute atomic E-state index is 0.0270. The molecule has 4 aromatic carbocycles. The van der Waals surface area contributed by atoms with Gasteiger partial charge in [0.25, 0.3) is 5.91 Å². The Morgan fingerprint density at radius 3 is 2.23 bits per heavy atom. The van der Waals surface area contributed by atoms with Crippen molar-refractivity contribution in [2.75, 3.05) is 14.2 Å². The van der Waals surface area contributed by atoms with Crippen molar-refractivity contribution in [3.8, 4) is 17.2 Å². The second-order valence-corrected chi connectivity index (χ2v) is 10.3. The van der Waals surface area contributed by atoms with Gasteiger partial charge < -0.3 is 19.3 Å². The van der Waals surface area contributed by atoms with Gasteiger partial charge in [0.1, 0.15) is 51.6 Å². The molecule has 0 spiro atoms. The van der Waals surface area contributed by atoms with Crippen LogP contribution in [-0.4, -0.2) is 41.3 Å². The van der Waals surface area contributed by atoms with Gasteiger partial charge in [0.2, 0.25) is 0 Å². The van der Waals surface area contributed by atoms with E-state index in [1.54, 1.807) is 24.3 Å². The Bertz CT molecular complexity index is 1760. The van der Waals surface area contributed by atoms with E-state index in [1.807, 2.05) is 0 Å². The SMILES string of the molecule is COc1cc(C(=O)O)ccc1COc1cccc(C2SC(c3ccc(F)cc3)=NN2C(=O)c2c(F)cc(F)cc2F)c1OC. The first kappa shape index (κ1) is 30.4. The van der Waals surface area contributed by atoms with Crippen LogP contribution in [0.5, 0.6) is 17.2 Å². The number of rotatable bonds is 9. The first-order valence-electron chi connectivity index (χ1n) is 12.8. The summed E-state index contributed by atoms with van der Waals surface area (Å²) in [5, 5.41) is 13.6. The number of halogens is 4.